The van der Waals surface area contributed by atoms with Crippen LogP contribution in [-0.4, -0.2) is 16.1 Å². The molecule has 0 saturated carbocycles. The van der Waals surface area contributed by atoms with Gasteiger partial charge in [0.1, 0.15) is 0 Å². The van der Waals surface area contributed by atoms with Crippen molar-refractivity contribution in [2.75, 3.05) is 0 Å². The molecule has 0 spiro atoms. The zero-order chi connectivity index (χ0) is 11.3. The van der Waals surface area contributed by atoms with Crippen LogP contribution in [0, 0.1) is 6.92 Å². The van der Waals surface area contributed by atoms with Crippen LogP contribution in [0.5, 0.6) is 0 Å². The number of aryl methyl sites for hydroxylation is 1. The highest BCUT2D eigenvalue weighted by Crippen LogP contribution is 2.16. The Hall–Kier alpha value is -1.29. The third-order valence-electron chi connectivity index (χ3n) is 1.96. The molecule has 0 aliphatic heterocycles. The third-order valence-corrected chi connectivity index (χ3v) is 2.32. The summed E-state index contributed by atoms with van der Waals surface area (Å²) in [5.41, 5.74) is 1.90. The summed E-state index contributed by atoms with van der Waals surface area (Å²) in [5, 5.41) is 8.51. The van der Waals surface area contributed by atoms with Crippen molar-refractivity contribution in [2.45, 2.75) is 19.8 Å². The number of rotatable bonds is 4. The van der Waals surface area contributed by atoms with Crippen molar-refractivity contribution >= 4 is 24.7 Å². The maximum Gasteiger partial charge on any atom is 0.303 e. The van der Waals surface area contributed by atoms with E-state index in [0.717, 1.165) is 16.2 Å². The van der Waals surface area contributed by atoms with Crippen molar-refractivity contribution in [1.29, 1.82) is 0 Å². The maximum atomic E-state index is 10.3. The van der Waals surface area contributed by atoms with Crippen LogP contribution >= 0.6 is 12.6 Å². The van der Waals surface area contributed by atoms with E-state index in [1.165, 1.54) is 0 Å². The average Bonchev–Trinajstić information content (AvgIpc) is 2.18. The molecule has 4 heteroatoms. The fourth-order valence-corrected chi connectivity index (χ4v) is 1.39. The summed E-state index contributed by atoms with van der Waals surface area (Å²) in [5.74, 6) is -0.808. The normalized spacial score (nSPS) is 11.5. The number of carboxylic acids is 1. The predicted molar refractivity (Wildman–Crippen MR) is 62.8 cm³/mol. The first kappa shape index (κ1) is 11.8. The number of aromatic nitrogens is 1. The lowest BCUT2D eigenvalue weighted by Gasteiger charge is -2.00. The zero-order valence-electron chi connectivity index (χ0n) is 8.47. The SMILES string of the molecule is Cc1ncccc1/C=C(\S)CCC(=O)O. The standard InChI is InChI=1S/C11H13NO2S/c1-8-9(3-2-6-12-8)7-10(15)4-5-11(13)14/h2-3,6-7,15H,4-5H2,1H3,(H,13,14)/b10-7-. The molecule has 1 aromatic rings. The van der Waals surface area contributed by atoms with E-state index < -0.39 is 5.97 Å². The van der Waals surface area contributed by atoms with Gasteiger partial charge < -0.3 is 5.11 Å². The van der Waals surface area contributed by atoms with E-state index in [0.29, 0.717) is 6.42 Å². The van der Waals surface area contributed by atoms with Crippen LogP contribution in [0.15, 0.2) is 23.2 Å². The molecular formula is C11H13NO2S. The van der Waals surface area contributed by atoms with Crippen molar-refractivity contribution in [3.8, 4) is 0 Å². The number of allylic oxidation sites excluding steroid dienone is 1. The van der Waals surface area contributed by atoms with Crippen molar-refractivity contribution < 1.29 is 9.90 Å². The lowest BCUT2D eigenvalue weighted by molar-refractivity contribution is -0.136. The molecule has 1 heterocycles. The van der Waals surface area contributed by atoms with Crippen molar-refractivity contribution in [2.24, 2.45) is 0 Å². The first-order valence-electron chi connectivity index (χ1n) is 4.62. The molecule has 0 fully saturated rings. The second kappa shape index (κ2) is 5.56. The number of carbonyl (C=O) groups is 1. The number of carboxylic acid groups (broad SMARTS) is 1. The Morgan fingerprint density at radius 1 is 1.60 bits per heavy atom. The number of thiol groups is 1. The van der Waals surface area contributed by atoms with Gasteiger partial charge in [0.15, 0.2) is 0 Å². The summed E-state index contributed by atoms with van der Waals surface area (Å²) < 4.78 is 0. The Kier molecular flexibility index (Phi) is 4.37. The van der Waals surface area contributed by atoms with Gasteiger partial charge in [0.05, 0.1) is 0 Å². The molecule has 0 bridgehead atoms. The van der Waals surface area contributed by atoms with Crippen molar-refractivity contribution in [3.05, 3.63) is 34.5 Å². The quantitative estimate of drug-likeness (QED) is 0.771. The lowest BCUT2D eigenvalue weighted by Crippen LogP contribution is -1.93. The van der Waals surface area contributed by atoms with Gasteiger partial charge in [-0.1, -0.05) is 6.07 Å². The molecule has 80 valence electrons. The van der Waals surface area contributed by atoms with E-state index in [9.17, 15) is 4.79 Å². The highest BCUT2D eigenvalue weighted by Gasteiger charge is 2.00. The minimum Gasteiger partial charge on any atom is -0.481 e. The summed E-state index contributed by atoms with van der Waals surface area (Å²) in [6, 6.07) is 3.77. The Bertz CT molecular complexity index is 388. The smallest absolute Gasteiger partial charge is 0.303 e. The summed E-state index contributed by atoms with van der Waals surface area (Å²) in [6.07, 6.45) is 4.14. The lowest BCUT2D eigenvalue weighted by atomic mass is 10.1. The van der Waals surface area contributed by atoms with E-state index in [2.05, 4.69) is 17.6 Å². The average molecular weight is 223 g/mol. The van der Waals surface area contributed by atoms with Gasteiger partial charge in [0.25, 0.3) is 0 Å². The van der Waals surface area contributed by atoms with Gasteiger partial charge in [-0.05, 0) is 36.0 Å². The van der Waals surface area contributed by atoms with Gasteiger partial charge in [0.2, 0.25) is 0 Å². The molecule has 0 amide bonds. The van der Waals surface area contributed by atoms with Crippen LogP contribution < -0.4 is 0 Å². The molecule has 0 atom stereocenters. The molecule has 0 radical (unpaired) electrons. The molecule has 1 N–H and O–H groups in total. The maximum absolute atomic E-state index is 10.3. The van der Waals surface area contributed by atoms with Gasteiger partial charge in [-0.3, -0.25) is 9.78 Å². The van der Waals surface area contributed by atoms with Crippen molar-refractivity contribution in [1.82, 2.24) is 4.98 Å². The molecule has 0 unspecified atom stereocenters. The van der Waals surface area contributed by atoms with Crippen LogP contribution in [0.3, 0.4) is 0 Å². The number of pyridine rings is 1. The van der Waals surface area contributed by atoms with Gasteiger partial charge in [-0.2, -0.15) is 0 Å². The third kappa shape index (κ3) is 4.16. The Labute approximate surface area is 94.3 Å². The van der Waals surface area contributed by atoms with Crippen LogP contribution in [0.25, 0.3) is 6.08 Å². The van der Waals surface area contributed by atoms with E-state index in [-0.39, 0.29) is 6.42 Å². The Balaban J connectivity index is 2.70. The first-order chi connectivity index (χ1) is 7.09. The second-order valence-corrected chi connectivity index (χ2v) is 3.78. The van der Waals surface area contributed by atoms with E-state index >= 15 is 0 Å². The van der Waals surface area contributed by atoms with Crippen LogP contribution in [0.4, 0.5) is 0 Å². The molecule has 0 aromatic carbocycles. The number of hydrogen-bond acceptors (Lipinski definition) is 3. The summed E-state index contributed by atoms with van der Waals surface area (Å²) >= 11 is 4.23. The fraction of sp³-hybridized carbons (Fsp3) is 0.273. The fourth-order valence-electron chi connectivity index (χ4n) is 1.14. The molecule has 0 saturated heterocycles. The van der Waals surface area contributed by atoms with Crippen LogP contribution in [0.2, 0.25) is 0 Å². The summed E-state index contributed by atoms with van der Waals surface area (Å²) in [6.45, 7) is 1.91. The van der Waals surface area contributed by atoms with Gasteiger partial charge >= 0.3 is 5.97 Å². The second-order valence-electron chi connectivity index (χ2n) is 3.21. The summed E-state index contributed by atoms with van der Waals surface area (Å²) in [7, 11) is 0. The first-order valence-corrected chi connectivity index (χ1v) is 5.07. The van der Waals surface area contributed by atoms with Crippen LogP contribution in [-0.2, 0) is 4.79 Å². The monoisotopic (exact) mass is 223 g/mol. The van der Waals surface area contributed by atoms with Gasteiger partial charge in [-0.15, -0.1) is 12.6 Å². The van der Waals surface area contributed by atoms with Gasteiger partial charge in [0, 0.05) is 18.3 Å². The molecule has 15 heavy (non-hydrogen) atoms. The van der Waals surface area contributed by atoms with E-state index in [4.69, 9.17) is 5.11 Å². The van der Waals surface area contributed by atoms with Crippen LogP contribution in [0.1, 0.15) is 24.1 Å². The number of nitrogens with zero attached hydrogens (tertiary/aromatic N) is 1. The number of aliphatic carboxylic acids is 1. The molecule has 3 nitrogen and oxygen atoms in total. The zero-order valence-corrected chi connectivity index (χ0v) is 9.37. The predicted octanol–water partition coefficient (Wildman–Crippen LogP) is 2.53. The minimum absolute atomic E-state index is 0.106. The van der Waals surface area contributed by atoms with Gasteiger partial charge in [-0.25, -0.2) is 0 Å². The molecule has 0 aliphatic rings. The van der Waals surface area contributed by atoms with E-state index in [1.807, 2.05) is 25.1 Å². The summed E-state index contributed by atoms with van der Waals surface area (Å²) in [4.78, 5) is 15.2. The Morgan fingerprint density at radius 3 is 2.93 bits per heavy atom. The molecular weight excluding hydrogens is 210 g/mol. The number of hydrogen-bond donors (Lipinski definition) is 2. The largest absolute Gasteiger partial charge is 0.481 e. The Morgan fingerprint density at radius 2 is 2.33 bits per heavy atom. The molecule has 1 aromatic heterocycles. The minimum atomic E-state index is -0.808. The highest BCUT2D eigenvalue weighted by atomic mass is 32.1. The molecule has 1 rings (SSSR count). The van der Waals surface area contributed by atoms with E-state index in [1.54, 1.807) is 6.20 Å². The molecule has 0 aliphatic carbocycles. The highest BCUT2D eigenvalue weighted by molar-refractivity contribution is 7.84. The topological polar surface area (TPSA) is 50.2 Å². The van der Waals surface area contributed by atoms with Crippen molar-refractivity contribution in [3.63, 3.8) is 0 Å².